The molecule has 1 aromatic heterocycles. The van der Waals surface area contributed by atoms with Gasteiger partial charge in [-0.05, 0) is 66.9 Å². The van der Waals surface area contributed by atoms with Gasteiger partial charge in [-0.3, -0.25) is 4.79 Å². The van der Waals surface area contributed by atoms with Crippen LogP contribution in [-0.2, 0) is 21.4 Å². The summed E-state index contributed by atoms with van der Waals surface area (Å²) in [6.07, 6.45) is 2.48. The van der Waals surface area contributed by atoms with Crippen LogP contribution in [0.25, 0.3) is 0 Å². The van der Waals surface area contributed by atoms with Crippen molar-refractivity contribution in [3.05, 3.63) is 84.1 Å². The summed E-state index contributed by atoms with van der Waals surface area (Å²) in [5.41, 5.74) is 0.695. The van der Waals surface area contributed by atoms with E-state index in [1.165, 1.54) is 42.6 Å². The molecule has 0 aliphatic carbocycles. The van der Waals surface area contributed by atoms with Gasteiger partial charge in [0.25, 0.3) is 0 Å². The van der Waals surface area contributed by atoms with Crippen LogP contribution < -0.4 is 10.1 Å². The molecule has 7 nitrogen and oxygen atoms in total. The highest BCUT2D eigenvalue weighted by molar-refractivity contribution is 7.89. The number of halogens is 2. The third-order valence-corrected chi connectivity index (χ3v) is 7.15. The number of carbonyl (C=O) groups is 1. The lowest BCUT2D eigenvalue weighted by atomic mass is 10.2. The number of hydrogen-bond donors (Lipinski definition) is 1. The number of sulfonamides is 1. The molecule has 0 saturated carbocycles. The van der Waals surface area contributed by atoms with Crippen LogP contribution in [0.5, 0.6) is 11.6 Å². The number of rotatable bonds is 7. The Morgan fingerprint density at radius 1 is 1.03 bits per heavy atom. The standard InChI is InChI=1S/C23H21F2N3O4S/c24-17-4-8-19(9-5-17)32-22-12-3-16(14-26-22)15-27-23(29)21-2-1-13-28(21)33(30,31)20-10-6-18(25)7-11-20/h3-12,14,21H,1-2,13,15H2,(H,27,29). The molecule has 1 aliphatic rings. The van der Waals surface area contributed by atoms with E-state index in [9.17, 15) is 22.0 Å². The highest BCUT2D eigenvalue weighted by Gasteiger charge is 2.39. The van der Waals surface area contributed by atoms with Gasteiger partial charge in [0.05, 0.1) is 4.90 Å². The van der Waals surface area contributed by atoms with Crippen molar-refractivity contribution in [2.75, 3.05) is 6.54 Å². The van der Waals surface area contributed by atoms with Crippen molar-refractivity contribution in [2.24, 2.45) is 0 Å². The summed E-state index contributed by atoms with van der Waals surface area (Å²) < 4.78 is 58.7. The monoisotopic (exact) mass is 473 g/mol. The van der Waals surface area contributed by atoms with E-state index in [0.29, 0.717) is 30.0 Å². The number of hydrogen-bond acceptors (Lipinski definition) is 5. The lowest BCUT2D eigenvalue weighted by molar-refractivity contribution is -0.124. The Morgan fingerprint density at radius 2 is 1.70 bits per heavy atom. The predicted molar refractivity (Wildman–Crippen MR) is 116 cm³/mol. The smallest absolute Gasteiger partial charge is 0.243 e. The first-order chi connectivity index (χ1) is 15.8. The normalized spacial score (nSPS) is 16.5. The molecular weight excluding hydrogens is 452 g/mol. The number of nitrogens with one attached hydrogen (secondary N) is 1. The molecule has 33 heavy (non-hydrogen) atoms. The molecule has 0 spiro atoms. The molecular formula is C23H21F2N3O4S. The fourth-order valence-corrected chi connectivity index (χ4v) is 5.19. The summed E-state index contributed by atoms with van der Waals surface area (Å²) in [7, 11) is -3.92. The lowest BCUT2D eigenvalue weighted by Crippen LogP contribution is -2.45. The Balaban J connectivity index is 1.36. The van der Waals surface area contributed by atoms with Crippen molar-refractivity contribution in [2.45, 2.75) is 30.3 Å². The van der Waals surface area contributed by atoms with Crippen molar-refractivity contribution in [1.82, 2.24) is 14.6 Å². The van der Waals surface area contributed by atoms with Crippen molar-refractivity contribution in [3.8, 4) is 11.6 Å². The number of ether oxygens (including phenoxy) is 1. The quantitative estimate of drug-likeness (QED) is 0.566. The van der Waals surface area contributed by atoms with Gasteiger partial charge in [0.1, 0.15) is 23.4 Å². The van der Waals surface area contributed by atoms with Crippen LogP contribution in [0.2, 0.25) is 0 Å². The minimum atomic E-state index is -3.92. The van der Waals surface area contributed by atoms with Gasteiger partial charge in [0, 0.05) is 25.4 Å². The van der Waals surface area contributed by atoms with Crippen LogP contribution in [0.1, 0.15) is 18.4 Å². The summed E-state index contributed by atoms with van der Waals surface area (Å²) >= 11 is 0. The minimum absolute atomic E-state index is 0.0513. The number of nitrogens with zero attached hydrogens (tertiary/aromatic N) is 2. The Hall–Kier alpha value is -3.37. The minimum Gasteiger partial charge on any atom is -0.439 e. The molecule has 1 N–H and O–H groups in total. The second kappa shape index (κ2) is 9.63. The first-order valence-corrected chi connectivity index (χ1v) is 11.7. The third-order valence-electron chi connectivity index (χ3n) is 5.23. The highest BCUT2D eigenvalue weighted by atomic mass is 32.2. The van der Waals surface area contributed by atoms with Crippen LogP contribution in [-0.4, -0.2) is 36.2 Å². The van der Waals surface area contributed by atoms with Gasteiger partial charge in [-0.2, -0.15) is 4.31 Å². The van der Waals surface area contributed by atoms with E-state index in [0.717, 1.165) is 16.4 Å². The van der Waals surface area contributed by atoms with Crippen LogP contribution in [0.4, 0.5) is 8.78 Å². The largest absolute Gasteiger partial charge is 0.439 e. The summed E-state index contributed by atoms with van der Waals surface area (Å²) in [6, 6.07) is 12.6. The molecule has 0 bridgehead atoms. The average molecular weight is 474 g/mol. The first kappa shape index (κ1) is 22.8. The molecule has 4 rings (SSSR count). The molecule has 172 valence electrons. The van der Waals surface area contributed by atoms with E-state index in [1.807, 2.05) is 0 Å². The van der Waals surface area contributed by atoms with E-state index in [4.69, 9.17) is 4.74 Å². The maximum absolute atomic E-state index is 13.2. The van der Waals surface area contributed by atoms with Crippen LogP contribution in [0, 0.1) is 11.6 Å². The second-order valence-corrected chi connectivity index (χ2v) is 9.40. The number of amides is 1. The van der Waals surface area contributed by atoms with Crippen molar-refractivity contribution in [1.29, 1.82) is 0 Å². The number of pyridine rings is 1. The third kappa shape index (κ3) is 5.35. The zero-order valence-corrected chi connectivity index (χ0v) is 18.3. The molecule has 0 radical (unpaired) electrons. The van der Waals surface area contributed by atoms with Crippen molar-refractivity contribution < 1.29 is 26.7 Å². The molecule has 1 saturated heterocycles. The predicted octanol–water partition coefficient (Wildman–Crippen LogP) is 3.62. The zero-order valence-electron chi connectivity index (χ0n) is 17.4. The lowest BCUT2D eigenvalue weighted by Gasteiger charge is -2.23. The van der Waals surface area contributed by atoms with Gasteiger partial charge < -0.3 is 10.1 Å². The van der Waals surface area contributed by atoms with Gasteiger partial charge in [-0.1, -0.05) is 6.07 Å². The molecule has 2 heterocycles. The fourth-order valence-electron chi connectivity index (χ4n) is 3.54. The van der Waals surface area contributed by atoms with Crippen LogP contribution in [0.15, 0.2) is 71.8 Å². The fraction of sp³-hybridized carbons (Fsp3) is 0.217. The maximum Gasteiger partial charge on any atom is 0.243 e. The van der Waals surface area contributed by atoms with Gasteiger partial charge in [0.2, 0.25) is 21.8 Å². The van der Waals surface area contributed by atoms with E-state index in [2.05, 4.69) is 10.3 Å². The number of aromatic nitrogens is 1. The highest BCUT2D eigenvalue weighted by Crippen LogP contribution is 2.26. The Kier molecular flexibility index (Phi) is 6.66. The average Bonchev–Trinajstić information content (AvgIpc) is 3.31. The molecule has 1 amide bonds. The summed E-state index contributed by atoms with van der Waals surface area (Å²) in [5.74, 6) is -0.567. The molecule has 1 fully saturated rings. The van der Waals surface area contributed by atoms with Crippen LogP contribution >= 0.6 is 0 Å². The number of carbonyl (C=O) groups excluding carboxylic acids is 1. The molecule has 1 unspecified atom stereocenters. The zero-order chi connectivity index (χ0) is 23.4. The Bertz CT molecular complexity index is 1220. The molecule has 1 aliphatic heterocycles. The Labute approximate surface area is 190 Å². The van der Waals surface area contributed by atoms with Gasteiger partial charge >= 0.3 is 0 Å². The van der Waals surface area contributed by atoms with Crippen molar-refractivity contribution >= 4 is 15.9 Å². The van der Waals surface area contributed by atoms with E-state index < -0.39 is 27.8 Å². The first-order valence-electron chi connectivity index (χ1n) is 10.3. The molecule has 2 aromatic carbocycles. The van der Waals surface area contributed by atoms with E-state index in [1.54, 1.807) is 12.1 Å². The molecule has 3 aromatic rings. The van der Waals surface area contributed by atoms with Gasteiger partial charge in [0.15, 0.2) is 0 Å². The summed E-state index contributed by atoms with van der Waals surface area (Å²) in [5, 5.41) is 2.75. The van der Waals surface area contributed by atoms with E-state index in [-0.39, 0.29) is 23.8 Å². The second-order valence-electron chi connectivity index (χ2n) is 7.51. The van der Waals surface area contributed by atoms with Crippen LogP contribution in [0.3, 0.4) is 0 Å². The Morgan fingerprint density at radius 3 is 2.33 bits per heavy atom. The van der Waals surface area contributed by atoms with Crippen molar-refractivity contribution in [3.63, 3.8) is 0 Å². The maximum atomic E-state index is 13.2. The SMILES string of the molecule is O=C(NCc1ccc(Oc2ccc(F)cc2)nc1)C1CCCN1S(=O)(=O)c1ccc(F)cc1. The summed E-state index contributed by atoms with van der Waals surface area (Å²) in [6.45, 7) is 0.373. The topological polar surface area (TPSA) is 88.6 Å². The number of benzene rings is 2. The van der Waals surface area contributed by atoms with Gasteiger partial charge in [-0.15, -0.1) is 0 Å². The molecule has 1 atom stereocenters. The molecule has 10 heteroatoms. The summed E-state index contributed by atoms with van der Waals surface area (Å²) in [4.78, 5) is 16.9. The van der Waals surface area contributed by atoms with E-state index >= 15 is 0 Å². The van der Waals surface area contributed by atoms with Gasteiger partial charge in [-0.25, -0.2) is 22.2 Å².